The zero-order valence-corrected chi connectivity index (χ0v) is 20.6. The molecule has 0 bridgehead atoms. The van der Waals surface area contributed by atoms with Crippen LogP contribution in [0.5, 0.6) is 5.75 Å². The Labute approximate surface area is 210 Å². The SMILES string of the molecule is CC(C)CC1CN(C(=O)c2cc(-c3ccc(O)cc3)nc3n[nH]c(/C=C/c4ccccc4)c23)CCN1. The van der Waals surface area contributed by atoms with Crippen molar-refractivity contribution < 1.29 is 9.90 Å². The van der Waals surface area contributed by atoms with Gasteiger partial charge in [0.25, 0.3) is 5.91 Å². The number of aromatic nitrogens is 3. The lowest BCUT2D eigenvalue weighted by Crippen LogP contribution is -2.53. The predicted molar refractivity (Wildman–Crippen MR) is 144 cm³/mol. The molecule has 1 fully saturated rings. The van der Waals surface area contributed by atoms with Crippen LogP contribution in [0.2, 0.25) is 0 Å². The minimum Gasteiger partial charge on any atom is -0.508 e. The van der Waals surface area contributed by atoms with Gasteiger partial charge >= 0.3 is 0 Å². The second-order valence-corrected chi connectivity index (χ2v) is 9.71. The van der Waals surface area contributed by atoms with Gasteiger partial charge in [0.1, 0.15) is 5.75 Å². The molecule has 1 unspecified atom stereocenters. The molecule has 1 amide bonds. The maximum Gasteiger partial charge on any atom is 0.254 e. The van der Waals surface area contributed by atoms with Gasteiger partial charge < -0.3 is 15.3 Å². The van der Waals surface area contributed by atoms with Gasteiger partial charge in [0.15, 0.2) is 5.65 Å². The van der Waals surface area contributed by atoms with Crippen molar-refractivity contribution in [2.45, 2.75) is 26.3 Å². The van der Waals surface area contributed by atoms with Gasteiger partial charge in [-0.3, -0.25) is 9.89 Å². The molecule has 4 aromatic rings. The quantitative estimate of drug-likeness (QED) is 0.362. The smallest absolute Gasteiger partial charge is 0.254 e. The minimum absolute atomic E-state index is 0.0200. The first kappa shape index (κ1) is 23.8. The van der Waals surface area contributed by atoms with E-state index < -0.39 is 0 Å². The number of H-pyrrole nitrogens is 1. The second kappa shape index (κ2) is 10.3. The molecule has 184 valence electrons. The number of carbonyl (C=O) groups excluding carboxylic acids is 1. The van der Waals surface area contributed by atoms with Crippen LogP contribution >= 0.6 is 0 Å². The first-order valence-electron chi connectivity index (χ1n) is 12.4. The molecule has 0 spiro atoms. The number of fused-ring (bicyclic) bond motifs is 1. The first-order valence-corrected chi connectivity index (χ1v) is 12.4. The molecule has 1 aliphatic rings. The number of carbonyl (C=O) groups is 1. The molecule has 0 radical (unpaired) electrons. The molecule has 0 saturated carbocycles. The monoisotopic (exact) mass is 481 g/mol. The van der Waals surface area contributed by atoms with Crippen LogP contribution in [-0.2, 0) is 0 Å². The number of pyridine rings is 1. The van der Waals surface area contributed by atoms with Crippen LogP contribution in [0.4, 0.5) is 0 Å². The summed E-state index contributed by atoms with van der Waals surface area (Å²) in [5, 5.41) is 21.5. The maximum atomic E-state index is 14.0. The first-order chi connectivity index (χ1) is 17.5. The molecule has 2 aromatic heterocycles. The third kappa shape index (κ3) is 5.16. The molecular weight excluding hydrogens is 450 g/mol. The number of hydrogen-bond donors (Lipinski definition) is 3. The number of phenols is 1. The molecule has 36 heavy (non-hydrogen) atoms. The van der Waals surface area contributed by atoms with Gasteiger partial charge in [0.2, 0.25) is 0 Å². The highest BCUT2D eigenvalue weighted by molar-refractivity contribution is 6.09. The Balaban J connectivity index is 1.57. The number of nitrogens with one attached hydrogen (secondary N) is 2. The van der Waals surface area contributed by atoms with Crippen molar-refractivity contribution in [1.29, 1.82) is 0 Å². The number of nitrogens with zero attached hydrogens (tertiary/aromatic N) is 3. The van der Waals surface area contributed by atoms with Crippen molar-refractivity contribution in [2.24, 2.45) is 5.92 Å². The minimum atomic E-state index is -0.0200. The maximum absolute atomic E-state index is 14.0. The van der Waals surface area contributed by atoms with Crippen molar-refractivity contribution in [3.8, 4) is 17.0 Å². The molecule has 2 aromatic carbocycles. The Morgan fingerprint density at radius 2 is 1.92 bits per heavy atom. The summed E-state index contributed by atoms with van der Waals surface area (Å²) in [4.78, 5) is 20.7. The van der Waals surface area contributed by atoms with Crippen LogP contribution in [0.25, 0.3) is 34.4 Å². The van der Waals surface area contributed by atoms with Gasteiger partial charge in [-0.25, -0.2) is 4.98 Å². The van der Waals surface area contributed by atoms with E-state index in [2.05, 4.69) is 29.4 Å². The summed E-state index contributed by atoms with van der Waals surface area (Å²) in [6.07, 6.45) is 4.96. The Bertz CT molecular complexity index is 1380. The number of amides is 1. The molecule has 0 aliphatic carbocycles. The van der Waals surface area contributed by atoms with Crippen LogP contribution in [0.1, 0.15) is 41.9 Å². The molecule has 7 heteroatoms. The van der Waals surface area contributed by atoms with Gasteiger partial charge in [-0.15, -0.1) is 0 Å². The average Bonchev–Trinajstić information content (AvgIpc) is 3.30. The molecule has 7 nitrogen and oxygen atoms in total. The number of phenolic OH excluding ortho intramolecular Hbond substituents is 1. The Hall–Kier alpha value is -3.97. The van der Waals surface area contributed by atoms with Gasteiger partial charge in [-0.2, -0.15) is 5.10 Å². The lowest BCUT2D eigenvalue weighted by molar-refractivity contribution is 0.0696. The van der Waals surface area contributed by atoms with E-state index in [0.717, 1.165) is 29.8 Å². The van der Waals surface area contributed by atoms with Gasteiger partial charge in [0.05, 0.1) is 22.3 Å². The number of aromatic hydroxyl groups is 1. The van der Waals surface area contributed by atoms with Crippen LogP contribution in [0.3, 0.4) is 0 Å². The van der Waals surface area contributed by atoms with E-state index in [0.29, 0.717) is 41.3 Å². The van der Waals surface area contributed by atoms with Crippen molar-refractivity contribution in [3.05, 3.63) is 77.5 Å². The van der Waals surface area contributed by atoms with Crippen LogP contribution in [0, 0.1) is 5.92 Å². The van der Waals surface area contributed by atoms with Crippen molar-refractivity contribution in [1.82, 2.24) is 25.4 Å². The van der Waals surface area contributed by atoms with Crippen molar-refractivity contribution >= 4 is 29.1 Å². The van der Waals surface area contributed by atoms with E-state index in [1.165, 1.54) is 0 Å². The fourth-order valence-corrected chi connectivity index (χ4v) is 4.77. The van der Waals surface area contributed by atoms with Gasteiger partial charge in [0, 0.05) is 31.2 Å². The van der Waals surface area contributed by atoms with E-state index >= 15 is 0 Å². The predicted octanol–water partition coefficient (Wildman–Crippen LogP) is 4.96. The number of aromatic amines is 1. The van der Waals surface area contributed by atoms with E-state index in [-0.39, 0.29) is 17.7 Å². The summed E-state index contributed by atoms with van der Waals surface area (Å²) in [5.41, 5.74) is 4.33. The zero-order valence-electron chi connectivity index (χ0n) is 20.6. The fourth-order valence-electron chi connectivity index (χ4n) is 4.77. The lowest BCUT2D eigenvalue weighted by Gasteiger charge is -2.34. The third-order valence-electron chi connectivity index (χ3n) is 6.49. The molecule has 1 atom stereocenters. The number of piperazine rings is 1. The molecule has 1 saturated heterocycles. The third-order valence-corrected chi connectivity index (χ3v) is 6.49. The molecule has 3 heterocycles. The summed E-state index contributed by atoms with van der Waals surface area (Å²) in [7, 11) is 0. The van der Waals surface area contributed by atoms with E-state index in [1.807, 2.05) is 53.5 Å². The fraction of sp³-hybridized carbons (Fsp3) is 0.276. The molecular formula is C29H31N5O2. The summed E-state index contributed by atoms with van der Waals surface area (Å²) in [6.45, 7) is 6.50. The highest BCUT2D eigenvalue weighted by Gasteiger charge is 2.27. The Morgan fingerprint density at radius 3 is 2.67 bits per heavy atom. The topological polar surface area (TPSA) is 94.1 Å². The van der Waals surface area contributed by atoms with Crippen molar-refractivity contribution in [2.75, 3.05) is 19.6 Å². The number of rotatable bonds is 6. The highest BCUT2D eigenvalue weighted by Crippen LogP contribution is 2.29. The molecule has 1 aliphatic heterocycles. The Morgan fingerprint density at radius 1 is 1.14 bits per heavy atom. The van der Waals surface area contributed by atoms with E-state index in [9.17, 15) is 9.90 Å². The van der Waals surface area contributed by atoms with Gasteiger partial charge in [-0.1, -0.05) is 50.3 Å². The van der Waals surface area contributed by atoms with Crippen LogP contribution < -0.4 is 5.32 Å². The summed E-state index contributed by atoms with van der Waals surface area (Å²) in [5.74, 6) is 0.713. The van der Waals surface area contributed by atoms with Crippen LogP contribution in [-0.4, -0.2) is 56.8 Å². The summed E-state index contributed by atoms with van der Waals surface area (Å²) in [6, 6.07) is 19.0. The standard InChI is InChI=1S/C29H31N5O2/c1-19(2)16-22-18-34(15-14-30-22)29(36)24-17-26(21-9-11-23(35)12-10-21)31-28-27(24)25(32-33-28)13-8-20-6-4-3-5-7-20/h3-13,17,19,22,30,35H,14-16,18H2,1-2H3,(H,31,32,33)/b13-8+. The normalized spacial score (nSPS) is 16.3. The highest BCUT2D eigenvalue weighted by atomic mass is 16.3. The van der Waals surface area contributed by atoms with Crippen molar-refractivity contribution in [3.63, 3.8) is 0 Å². The summed E-state index contributed by atoms with van der Waals surface area (Å²) < 4.78 is 0. The Kier molecular flexibility index (Phi) is 6.82. The largest absolute Gasteiger partial charge is 0.508 e. The van der Waals surface area contributed by atoms with Gasteiger partial charge in [-0.05, 0) is 54.3 Å². The average molecular weight is 482 g/mol. The lowest BCUT2D eigenvalue weighted by atomic mass is 10.00. The van der Waals surface area contributed by atoms with E-state index in [4.69, 9.17) is 4.98 Å². The number of hydrogen-bond acceptors (Lipinski definition) is 5. The number of benzene rings is 2. The molecule has 5 rings (SSSR count). The molecule has 3 N–H and O–H groups in total. The van der Waals surface area contributed by atoms with E-state index in [1.54, 1.807) is 24.3 Å². The zero-order chi connectivity index (χ0) is 25.1. The summed E-state index contributed by atoms with van der Waals surface area (Å²) >= 11 is 0. The van der Waals surface area contributed by atoms with Crippen LogP contribution in [0.15, 0.2) is 60.7 Å². The second-order valence-electron chi connectivity index (χ2n) is 9.71.